The fourth-order valence-electron chi connectivity index (χ4n) is 5.32. The molecule has 0 radical (unpaired) electrons. The average Bonchev–Trinajstić information content (AvgIpc) is 3.53. The summed E-state index contributed by atoms with van der Waals surface area (Å²) in [6.45, 7) is 0.602. The third-order valence-electron chi connectivity index (χ3n) is 6.78. The van der Waals surface area contributed by atoms with Gasteiger partial charge in [0, 0.05) is 12.4 Å². The molecule has 6 heteroatoms. The van der Waals surface area contributed by atoms with Crippen molar-refractivity contribution < 1.29 is 9.90 Å². The van der Waals surface area contributed by atoms with Gasteiger partial charge in [-0.15, -0.1) is 11.3 Å². The summed E-state index contributed by atoms with van der Waals surface area (Å²) in [5, 5.41) is 9.75. The molecule has 0 unspecified atom stereocenters. The lowest BCUT2D eigenvalue weighted by atomic mass is 9.83. The summed E-state index contributed by atoms with van der Waals surface area (Å²) >= 11 is 1.42. The summed E-state index contributed by atoms with van der Waals surface area (Å²) in [5.74, 6) is -0.398. The SMILES string of the molecule is O=C(O)c1cc2c(s1)c(C1CCCCC1)c(-c1ccccc1)n2Cc1cn2ccccc2n1. The van der Waals surface area contributed by atoms with Crippen LogP contribution >= 0.6 is 11.3 Å². The molecular formula is C27H25N3O2S. The maximum absolute atomic E-state index is 11.9. The van der Waals surface area contributed by atoms with Crippen molar-refractivity contribution in [3.63, 3.8) is 0 Å². The lowest BCUT2D eigenvalue weighted by Gasteiger charge is -2.23. The number of thiophene rings is 1. The number of rotatable bonds is 5. The minimum Gasteiger partial charge on any atom is -0.477 e. The molecule has 1 aromatic carbocycles. The Labute approximate surface area is 195 Å². The average molecular weight is 456 g/mol. The molecule has 5 aromatic rings. The van der Waals surface area contributed by atoms with Gasteiger partial charge in [-0.1, -0.05) is 55.7 Å². The van der Waals surface area contributed by atoms with Crippen LogP contribution in [0.15, 0.2) is 67.0 Å². The highest BCUT2D eigenvalue weighted by molar-refractivity contribution is 7.21. The van der Waals surface area contributed by atoms with Crippen molar-refractivity contribution in [1.82, 2.24) is 14.0 Å². The number of benzene rings is 1. The monoisotopic (exact) mass is 455 g/mol. The Morgan fingerprint density at radius 3 is 2.61 bits per heavy atom. The van der Waals surface area contributed by atoms with Crippen LogP contribution in [0.1, 0.15) is 59.0 Å². The minimum absolute atomic E-state index is 0.403. The van der Waals surface area contributed by atoms with Crippen molar-refractivity contribution in [3.05, 3.63) is 83.1 Å². The number of carboxylic acids is 1. The van der Waals surface area contributed by atoms with Crippen LogP contribution in [0.25, 0.3) is 27.1 Å². The predicted octanol–water partition coefficient (Wildman–Crippen LogP) is 6.81. The molecule has 0 atom stereocenters. The van der Waals surface area contributed by atoms with Crippen molar-refractivity contribution in [2.24, 2.45) is 0 Å². The zero-order valence-electron chi connectivity index (χ0n) is 18.3. The van der Waals surface area contributed by atoms with E-state index in [-0.39, 0.29) is 0 Å². The molecular weight excluding hydrogens is 430 g/mol. The van der Waals surface area contributed by atoms with Crippen LogP contribution in [0.5, 0.6) is 0 Å². The second-order valence-electron chi connectivity index (χ2n) is 8.88. The van der Waals surface area contributed by atoms with E-state index in [1.807, 2.05) is 40.9 Å². The molecule has 0 aliphatic heterocycles. The van der Waals surface area contributed by atoms with E-state index >= 15 is 0 Å². The van der Waals surface area contributed by atoms with E-state index in [9.17, 15) is 9.90 Å². The molecule has 1 N–H and O–H groups in total. The highest BCUT2D eigenvalue weighted by atomic mass is 32.1. The first-order valence-corrected chi connectivity index (χ1v) is 12.4. The van der Waals surface area contributed by atoms with Crippen LogP contribution in [0.2, 0.25) is 0 Å². The van der Waals surface area contributed by atoms with E-state index in [4.69, 9.17) is 4.98 Å². The fourth-order valence-corrected chi connectivity index (χ4v) is 6.45. The summed E-state index contributed by atoms with van der Waals surface area (Å²) in [6.07, 6.45) is 10.1. The second-order valence-corrected chi connectivity index (χ2v) is 9.93. The highest BCUT2D eigenvalue weighted by Gasteiger charge is 2.29. The maximum Gasteiger partial charge on any atom is 0.345 e. The molecule has 6 rings (SSSR count). The van der Waals surface area contributed by atoms with E-state index in [0.29, 0.717) is 17.3 Å². The summed E-state index contributed by atoms with van der Waals surface area (Å²) in [6, 6.07) is 18.4. The molecule has 33 heavy (non-hydrogen) atoms. The van der Waals surface area contributed by atoms with Gasteiger partial charge in [0.25, 0.3) is 0 Å². The Hall–Kier alpha value is -3.38. The van der Waals surface area contributed by atoms with Crippen molar-refractivity contribution >= 4 is 33.2 Å². The zero-order chi connectivity index (χ0) is 22.4. The van der Waals surface area contributed by atoms with Crippen LogP contribution in [0.4, 0.5) is 0 Å². The summed E-state index contributed by atoms with van der Waals surface area (Å²) in [4.78, 5) is 17.1. The molecule has 1 aliphatic carbocycles. The van der Waals surface area contributed by atoms with Crippen LogP contribution in [0, 0.1) is 0 Å². The van der Waals surface area contributed by atoms with Crippen molar-refractivity contribution in [2.75, 3.05) is 0 Å². The summed E-state index contributed by atoms with van der Waals surface area (Å²) < 4.78 is 5.47. The number of aromatic nitrogens is 3. The third-order valence-corrected chi connectivity index (χ3v) is 7.92. The third kappa shape index (κ3) is 3.55. The first-order chi connectivity index (χ1) is 16.2. The van der Waals surface area contributed by atoms with Gasteiger partial charge >= 0.3 is 5.97 Å². The van der Waals surface area contributed by atoms with Crippen molar-refractivity contribution in [1.29, 1.82) is 0 Å². The topological polar surface area (TPSA) is 59.5 Å². The molecule has 0 spiro atoms. The van der Waals surface area contributed by atoms with Gasteiger partial charge in [-0.2, -0.15) is 0 Å². The minimum atomic E-state index is -0.855. The Balaban J connectivity index is 1.60. The lowest BCUT2D eigenvalue weighted by Crippen LogP contribution is -2.08. The molecule has 4 heterocycles. The van der Waals surface area contributed by atoms with Crippen molar-refractivity contribution in [3.8, 4) is 11.3 Å². The van der Waals surface area contributed by atoms with Gasteiger partial charge in [-0.05, 0) is 48.1 Å². The molecule has 1 aliphatic rings. The van der Waals surface area contributed by atoms with E-state index in [2.05, 4.69) is 35.0 Å². The van der Waals surface area contributed by atoms with Crippen LogP contribution in [-0.4, -0.2) is 25.0 Å². The number of aromatic carboxylic acids is 1. The zero-order valence-corrected chi connectivity index (χ0v) is 19.1. The molecule has 1 saturated carbocycles. The quantitative estimate of drug-likeness (QED) is 0.317. The Kier molecular flexibility index (Phi) is 5.03. The number of hydrogen-bond acceptors (Lipinski definition) is 3. The van der Waals surface area contributed by atoms with E-state index in [0.717, 1.165) is 34.4 Å². The molecule has 5 nitrogen and oxygen atoms in total. The van der Waals surface area contributed by atoms with Gasteiger partial charge < -0.3 is 14.1 Å². The van der Waals surface area contributed by atoms with E-state index in [1.165, 1.54) is 47.4 Å². The molecule has 0 bridgehead atoms. The van der Waals surface area contributed by atoms with Crippen LogP contribution < -0.4 is 0 Å². The van der Waals surface area contributed by atoms with E-state index in [1.54, 1.807) is 0 Å². The number of carbonyl (C=O) groups is 1. The normalized spacial score (nSPS) is 14.9. The van der Waals surface area contributed by atoms with E-state index < -0.39 is 5.97 Å². The summed E-state index contributed by atoms with van der Waals surface area (Å²) in [7, 11) is 0. The largest absolute Gasteiger partial charge is 0.477 e. The molecule has 166 valence electrons. The van der Waals surface area contributed by atoms with Crippen molar-refractivity contribution in [2.45, 2.75) is 44.6 Å². The molecule has 0 saturated heterocycles. The van der Waals surface area contributed by atoms with Gasteiger partial charge in [-0.3, -0.25) is 0 Å². The molecule has 1 fully saturated rings. The van der Waals surface area contributed by atoms with Gasteiger partial charge in [0.05, 0.1) is 28.1 Å². The van der Waals surface area contributed by atoms with Gasteiger partial charge in [0.1, 0.15) is 10.5 Å². The first kappa shape index (κ1) is 20.2. The number of imidazole rings is 1. The number of fused-ring (bicyclic) bond motifs is 2. The smallest absolute Gasteiger partial charge is 0.345 e. The Morgan fingerprint density at radius 1 is 1.06 bits per heavy atom. The number of nitrogens with zero attached hydrogens (tertiary/aromatic N) is 3. The number of pyridine rings is 1. The standard InChI is InChI=1S/C27H25N3O2S/c31-27(32)22-15-21-26(33-22)24(18-9-3-1-4-10-18)25(19-11-5-2-6-12-19)30(21)17-20-16-29-14-8-7-13-23(29)28-20/h2,5-8,11-16,18H,1,3-4,9-10,17H2,(H,31,32). The van der Waals surface area contributed by atoms with Gasteiger partial charge in [0.15, 0.2) is 0 Å². The Morgan fingerprint density at radius 2 is 1.85 bits per heavy atom. The molecule has 0 amide bonds. The lowest BCUT2D eigenvalue weighted by molar-refractivity contribution is 0.0702. The highest BCUT2D eigenvalue weighted by Crippen LogP contribution is 2.47. The maximum atomic E-state index is 11.9. The van der Waals surface area contributed by atoms with Crippen LogP contribution in [-0.2, 0) is 6.54 Å². The molecule has 4 aromatic heterocycles. The fraction of sp³-hybridized carbons (Fsp3) is 0.259. The summed E-state index contributed by atoms with van der Waals surface area (Å²) in [5.41, 5.74) is 6.63. The number of carboxylic acid groups (broad SMARTS) is 1. The van der Waals surface area contributed by atoms with Crippen LogP contribution in [0.3, 0.4) is 0 Å². The van der Waals surface area contributed by atoms with Gasteiger partial charge in [0.2, 0.25) is 0 Å². The number of hydrogen-bond donors (Lipinski definition) is 1. The first-order valence-electron chi connectivity index (χ1n) is 11.6. The predicted molar refractivity (Wildman–Crippen MR) is 132 cm³/mol. The second kappa shape index (κ2) is 8.19. The Bertz CT molecular complexity index is 1420. The van der Waals surface area contributed by atoms with Gasteiger partial charge in [-0.25, -0.2) is 9.78 Å².